The van der Waals surface area contributed by atoms with E-state index >= 15 is 0 Å². The summed E-state index contributed by atoms with van der Waals surface area (Å²) in [6.07, 6.45) is 9.90. The minimum Gasteiger partial charge on any atom is -0.356 e. The molecule has 1 saturated carbocycles. The zero-order valence-corrected chi connectivity index (χ0v) is 15.5. The van der Waals surface area contributed by atoms with Gasteiger partial charge in [0.25, 0.3) is 0 Å². The minimum absolute atomic E-state index is 0.565. The largest absolute Gasteiger partial charge is 0.356 e. The molecule has 0 aromatic carbocycles. The molecular weight excluding hydrogens is 286 g/mol. The van der Waals surface area contributed by atoms with Crippen LogP contribution in [-0.2, 0) is 0 Å². The van der Waals surface area contributed by atoms with Gasteiger partial charge in [0.05, 0.1) is 0 Å². The molecule has 1 aliphatic heterocycles. The van der Waals surface area contributed by atoms with Crippen LogP contribution in [0.4, 0.5) is 0 Å². The van der Waals surface area contributed by atoms with Crippen molar-refractivity contribution in [1.29, 1.82) is 0 Å². The van der Waals surface area contributed by atoms with Crippen LogP contribution >= 0.6 is 0 Å². The van der Waals surface area contributed by atoms with Crippen molar-refractivity contribution in [3.63, 3.8) is 0 Å². The second-order valence-corrected chi connectivity index (χ2v) is 7.42. The Morgan fingerprint density at radius 2 is 1.87 bits per heavy atom. The Bertz CT molecular complexity index is 351. The molecule has 1 heterocycles. The fraction of sp³-hybridized carbons (Fsp3) is 0.944. The minimum atomic E-state index is 0.565. The maximum atomic E-state index is 4.35. The zero-order valence-electron chi connectivity index (χ0n) is 15.5. The van der Waals surface area contributed by atoms with Crippen molar-refractivity contribution >= 4 is 5.96 Å². The molecule has 0 bridgehead atoms. The van der Waals surface area contributed by atoms with Gasteiger partial charge in [0, 0.05) is 45.8 Å². The van der Waals surface area contributed by atoms with Gasteiger partial charge in [0.2, 0.25) is 0 Å². The fourth-order valence-corrected chi connectivity index (χ4v) is 3.82. The molecule has 0 aromatic rings. The second-order valence-electron chi connectivity index (χ2n) is 7.42. The summed E-state index contributed by atoms with van der Waals surface area (Å²) in [7, 11) is 6.29. The lowest BCUT2D eigenvalue weighted by Gasteiger charge is -2.37. The zero-order chi connectivity index (χ0) is 16.5. The van der Waals surface area contributed by atoms with E-state index in [2.05, 4.69) is 39.5 Å². The maximum Gasteiger partial charge on any atom is 0.191 e. The number of hydrogen-bond acceptors (Lipinski definition) is 3. The standard InChI is InChI=1S/C18H37N5/c1-19-18(20-11-7-6-10-16-8-4-5-9-16)21-14-17-15-22(2)12-13-23(17)3/h16-17H,4-15H2,1-3H3,(H2,19,20,21)/t17-/m1/s1. The van der Waals surface area contributed by atoms with Crippen LogP contribution in [0.3, 0.4) is 0 Å². The number of hydrogen-bond donors (Lipinski definition) is 2. The van der Waals surface area contributed by atoms with Crippen molar-refractivity contribution in [3.8, 4) is 0 Å². The summed E-state index contributed by atoms with van der Waals surface area (Å²) in [5, 5.41) is 6.96. The second kappa shape index (κ2) is 10.1. The molecule has 0 radical (unpaired) electrons. The Morgan fingerprint density at radius 1 is 1.09 bits per heavy atom. The molecule has 2 aliphatic rings. The highest BCUT2D eigenvalue weighted by molar-refractivity contribution is 5.79. The third-order valence-corrected chi connectivity index (χ3v) is 5.52. The molecule has 1 aliphatic carbocycles. The van der Waals surface area contributed by atoms with Crippen molar-refractivity contribution in [3.05, 3.63) is 0 Å². The fourth-order valence-electron chi connectivity index (χ4n) is 3.82. The van der Waals surface area contributed by atoms with Crippen LogP contribution < -0.4 is 10.6 Å². The van der Waals surface area contributed by atoms with Crippen LogP contribution in [0.1, 0.15) is 44.9 Å². The quantitative estimate of drug-likeness (QED) is 0.426. The number of likely N-dealkylation sites (N-methyl/N-ethyl adjacent to an activating group) is 2. The molecule has 5 nitrogen and oxygen atoms in total. The molecule has 0 amide bonds. The van der Waals surface area contributed by atoms with E-state index < -0.39 is 0 Å². The average Bonchev–Trinajstić information content (AvgIpc) is 3.06. The van der Waals surface area contributed by atoms with Gasteiger partial charge in [-0.3, -0.25) is 9.89 Å². The highest BCUT2D eigenvalue weighted by Gasteiger charge is 2.22. The predicted molar refractivity (Wildman–Crippen MR) is 99.1 cm³/mol. The predicted octanol–water partition coefficient (Wildman–Crippen LogP) is 1.76. The van der Waals surface area contributed by atoms with Crippen LogP contribution in [0.25, 0.3) is 0 Å². The van der Waals surface area contributed by atoms with Gasteiger partial charge in [-0.1, -0.05) is 38.5 Å². The number of nitrogens with zero attached hydrogens (tertiary/aromatic N) is 3. The number of piperazine rings is 1. The lowest BCUT2D eigenvalue weighted by atomic mass is 10.0. The molecule has 0 spiro atoms. The topological polar surface area (TPSA) is 42.9 Å². The average molecular weight is 324 g/mol. The van der Waals surface area contributed by atoms with Crippen molar-refractivity contribution in [1.82, 2.24) is 20.4 Å². The molecule has 1 saturated heterocycles. The molecule has 0 aromatic heterocycles. The molecule has 5 heteroatoms. The smallest absolute Gasteiger partial charge is 0.191 e. The van der Waals surface area contributed by atoms with Crippen molar-refractivity contribution in [2.45, 2.75) is 51.0 Å². The number of nitrogens with one attached hydrogen (secondary N) is 2. The van der Waals surface area contributed by atoms with Crippen LogP contribution in [0.5, 0.6) is 0 Å². The normalized spacial score (nSPS) is 25.0. The van der Waals surface area contributed by atoms with Gasteiger partial charge in [0.15, 0.2) is 5.96 Å². The lowest BCUT2D eigenvalue weighted by molar-refractivity contribution is 0.116. The van der Waals surface area contributed by atoms with E-state index in [0.29, 0.717) is 6.04 Å². The van der Waals surface area contributed by atoms with E-state index in [9.17, 15) is 0 Å². The molecule has 23 heavy (non-hydrogen) atoms. The summed E-state index contributed by atoms with van der Waals surface area (Å²) in [6, 6.07) is 0.565. The molecule has 2 rings (SSSR count). The van der Waals surface area contributed by atoms with E-state index in [1.54, 1.807) is 0 Å². The molecule has 134 valence electrons. The number of guanidine groups is 1. The summed E-state index contributed by atoms with van der Waals surface area (Å²) in [4.78, 5) is 9.21. The van der Waals surface area contributed by atoms with Gasteiger partial charge in [-0.2, -0.15) is 0 Å². The van der Waals surface area contributed by atoms with E-state index in [-0.39, 0.29) is 0 Å². The highest BCUT2D eigenvalue weighted by Crippen LogP contribution is 2.28. The third-order valence-electron chi connectivity index (χ3n) is 5.52. The molecular formula is C18H37N5. The SMILES string of the molecule is CN=C(NCCCCC1CCCC1)NC[C@@H]1CN(C)CCN1C. The molecule has 1 atom stereocenters. The summed E-state index contributed by atoms with van der Waals surface area (Å²) < 4.78 is 0. The summed E-state index contributed by atoms with van der Waals surface area (Å²) in [5.74, 6) is 1.97. The number of aliphatic imine (C=N–C) groups is 1. The Kier molecular flexibility index (Phi) is 8.17. The van der Waals surface area contributed by atoms with Gasteiger partial charge in [0.1, 0.15) is 0 Å². The third kappa shape index (κ3) is 6.68. The van der Waals surface area contributed by atoms with Crippen LogP contribution in [-0.4, -0.2) is 75.7 Å². The van der Waals surface area contributed by atoms with Crippen molar-refractivity contribution < 1.29 is 0 Å². The van der Waals surface area contributed by atoms with Crippen LogP contribution in [0.15, 0.2) is 4.99 Å². The monoisotopic (exact) mass is 323 g/mol. The van der Waals surface area contributed by atoms with Crippen LogP contribution in [0, 0.1) is 5.92 Å². The maximum absolute atomic E-state index is 4.35. The van der Waals surface area contributed by atoms with Crippen molar-refractivity contribution in [2.75, 3.05) is 53.9 Å². The summed E-state index contributed by atoms with van der Waals surface area (Å²) >= 11 is 0. The van der Waals surface area contributed by atoms with Gasteiger partial charge >= 0.3 is 0 Å². The Balaban J connectivity index is 1.55. The first-order valence-electron chi connectivity index (χ1n) is 9.52. The van der Waals surface area contributed by atoms with Gasteiger partial charge in [-0.05, 0) is 26.4 Å². The summed E-state index contributed by atoms with van der Waals surface area (Å²) in [6.45, 7) is 5.44. The number of unbranched alkanes of at least 4 members (excludes halogenated alkanes) is 1. The molecule has 0 unspecified atom stereocenters. The van der Waals surface area contributed by atoms with E-state index in [1.807, 2.05) is 7.05 Å². The van der Waals surface area contributed by atoms with Crippen LogP contribution in [0.2, 0.25) is 0 Å². The number of rotatable bonds is 7. The first-order chi connectivity index (χ1) is 11.2. The first kappa shape index (κ1) is 18.5. The van der Waals surface area contributed by atoms with E-state index in [0.717, 1.165) is 38.1 Å². The Morgan fingerprint density at radius 3 is 2.61 bits per heavy atom. The van der Waals surface area contributed by atoms with Gasteiger partial charge in [-0.15, -0.1) is 0 Å². The highest BCUT2D eigenvalue weighted by atomic mass is 15.3. The Labute approximate surface area is 142 Å². The van der Waals surface area contributed by atoms with Gasteiger partial charge < -0.3 is 15.5 Å². The summed E-state index contributed by atoms with van der Waals surface area (Å²) in [5.41, 5.74) is 0. The first-order valence-corrected chi connectivity index (χ1v) is 9.52. The Hall–Kier alpha value is -0.810. The lowest BCUT2D eigenvalue weighted by Crippen LogP contribution is -2.55. The van der Waals surface area contributed by atoms with E-state index in [1.165, 1.54) is 51.5 Å². The van der Waals surface area contributed by atoms with E-state index in [4.69, 9.17) is 0 Å². The molecule has 2 N–H and O–H groups in total. The van der Waals surface area contributed by atoms with Gasteiger partial charge in [-0.25, -0.2) is 0 Å². The van der Waals surface area contributed by atoms with Crippen molar-refractivity contribution in [2.24, 2.45) is 10.9 Å². The molecule has 2 fully saturated rings.